The van der Waals surface area contributed by atoms with Gasteiger partial charge in [-0.3, -0.25) is 0 Å². The highest BCUT2D eigenvalue weighted by Crippen LogP contribution is 2.29. The van der Waals surface area contributed by atoms with E-state index < -0.39 is 0 Å². The highest BCUT2D eigenvalue weighted by molar-refractivity contribution is 4.81. The van der Waals surface area contributed by atoms with Crippen molar-refractivity contribution in [3.63, 3.8) is 0 Å². The van der Waals surface area contributed by atoms with Crippen molar-refractivity contribution < 1.29 is 0 Å². The summed E-state index contributed by atoms with van der Waals surface area (Å²) in [5.74, 6) is 1.00. The first-order valence-corrected chi connectivity index (χ1v) is 5.58. The Kier molecular flexibility index (Phi) is 4.20. The average molecular weight is 184 g/mol. The zero-order valence-corrected chi connectivity index (χ0v) is 9.51. The minimum atomic E-state index is 0.605. The minimum absolute atomic E-state index is 0.605. The van der Waals surface area contributed by atoms with E-state index in [2.05, 4.69) is 38.0 Å². The predicted molar refractivity (Wildman–Crippen MR) is 58.0 cm³/mol. The van der Waals surface area contributed by atoms with Gasteiger partial charge in [0.2, 0.25) is 0 Å². The number of nitrogens with zero attached hydrogens (tertiary/aromatic N) is 1. The number of rotatable bonds is 6. The van der Waals surface area contributed by atoms with Gasteiger partial charge in [0.25, 0.3) is 0 Å². The monoisotopic (exact) mass is 184 g/mol. The second kappa shape index (κ2) is 4.97. The molecule has 1 N–H and O–H groups in total. The first-order chi connectivity index (χ1) is 6.15. The molecule has 0 saturated heterocycles. The molecule has 0 bridgehead atoms. The fraction of sp³-hybridized carbons (Fsp3) is 1.00. The maximum absolute atomic E-state index is 3.48. The van der Waals surface area contributed by atoms with Crippen molar-refractivity contribution in [2.75, 3.05) is 20.1 Å². The zero-order valence-electron chi connectivity index (χ0n) is 9.51. The molecule has 2 atom stereocenters. The van der Waals surface area contributed by atoms with Crippen LogP contribution in [0.5, 0.6) is 0 Å². The molecule has 0 aromatic carbocycles. The summed E-state index contributed by atoms with van der Waals surface area (Å²) < 4.78 is 0. The lowest BCUT2D eigenvalue weighted by atomic mass is 10.1. The highest BCUT2D eigenvalue weighted by Gasteiger charge is 2.25. The fourth-order valence-corrected chi connectivity index (χ4v) is 1.75. The van der Waals surface area contributed by atoms with E-state index in [0.29, 0.717) is 12.1 Å². The Bertz CT molecular complexity index is 143. The molecule has 2 nitrogen and oxygen atoms in total. The maximum atomic E-state index is 3.48. The van der Waals surface area contributed by atoms with Crippen molar-refractivity contribution in [3.8, 4) is 0 Å². The van der Waals surface area contributed by atoms with Crippen LogP contribution >= 0.6 is 0 Å². The van der Waals surface area contributed by atoms with Gasteiger partial charge in [-0.25, -0.2) is 0 Å². The van der Waals surface area contributed by atoms with Crippen molar-refractivity contribution in [1.29, 1.82) is 0 Å². The molecule has 1 fully saturated rings. The number of nitrogens with one attached hydrogen (secondary N) is 1. The Balaban J connectivity index is 2.21. The van der Waals surface area contributed by atoms with Crippen LogP contribution in [0.4, 0.5) is 0 Å². The second-order valence-electron chi connectivity index (χ2n) is 4.47. The lowest BCUT2D eigenvalue weighted by Crippen LogP contribution is -2.45. The molecule has 1 aliphatic rings. The predicted octanol–water partition coefficient (Wildman–Crippen LogP) is 1.71. The molecular weight excluding hydrogens is 160 g/mol. The van der Waals surface area contributed by atoms with Crippen LogP contribution in [-0.2, 0) is 0 Å². The van der Waals surface area contributed by atoms with E-state index in [4.69, 9.17) is 0 Å². The molecule has 13 heavy (non-hydrogen) atoms. The molecule has 0 aliphatic heterocycles. The molecule has 2 unspecified atom stereocenters. The smallest absolute Gasteiger partial charge is 0.0215 e. The van der Waals surface area contributed by atoms with E-state index in [9.17, 15) is 0 Å². The SMILES string of the molecule is CCNC(C)C(C)N(C)CC1CC1. The third kappa shape index (κ3) is 3.65. The van der Waals surface area contributed by atoms with E-state index in [1.54, 1.807) is 0 Å². The van der Waals surface area contributed by atoms with Crippen molar-refractivity contribution in [2.45, 2.75) is 45.7 Å². The van der Waals surface area contributed by atoms with Crippen LogP contribution in [0.3, 0.4) is 0 Å². The van der Waals surface area contributed by atoms with E-state index >= 15 is 0 Å². The van der Waals surface area contributed by atoms with Gasteiger partial charge < -0.3 is 10.2 Å². The van der Waals surface area contributed by atoms with Gasteiger partial charge in [-0.2, -0.15) is 0 Å². The van der Waals surface area contributed by atoms with Crippen LogP contribution < -0.4 is 5.32 Å². The lowest BCUT2D eigenvalue weighted by Gasteiger charge is -2.30. The topological polar surface area (TPSA) is 15.3 Å². The maximum Gasteiger partial charge on any atom is 0.0215 e. The Hall–Kier alpha value is -0.0800. The van der Waals surface area contributed by atoms with Crippen LogP contribution in [0.25, 0.3) is 0 Å². The Morgan fingerprint density at radius 2 is 2.00 bits per heavy atom. The average Bonchev–Trinajstić information content (AvgIpc) is 2.87. The summed E-state index contributed by atoms with van der Waals surface area (Å²) in [5.41, 5.74) is 0. The highest BCUT2D eigenvalue weighted by atomic mass is 15.2. The van der Waals surface area contributed by atoms with Crippen molar-refractivity contribution in [3.05, 3.63) is 0 Å². The molecule has 0 aromatic heterocycles. The quantitative estimate of drug-likeness (QED) is 0.676. The zero-order chi connectivity index (χ0) is 9.84. The van der Waals surface area contributed by atoms with Crippen molar-refractivity contribution in [1.82, 2.24) is 10.2 Å². The lowest BCUT2D eigenvalue weighted by molar-refractivity contribution is 0.207. The van der Waals surface area contributed by atoms with Crippen LogP contribution in [0.15, 0.2) is 0 Å². The standard InChI is InChI=1S/C11H24N2/c1-5-12-9(2)10(3)13(4)8-11-6-7-11/h9-12H,5-8H2,1-4H3. The minimum Gasteiger partial charge on any atom is -0.313 e. The van der Waals surface area contributed by atoms with Gasteiger partial charge in [0.15, 0.2) is 0 Å². The van der Waals surface area contributed by atoms with Gasteiger partial charge in [-0.15, -0.1) is 0 Å². The summed E-state index contributed by atoms with van der Waals surface area (Å²) >= 11 is 0. The summed E-state index contributed by atoms with van der Waals surface area (Å²) in [5, 5.41) is 3.48. The summed E-state index contributed by atoms with van der Waals surface area (Å²) in [6.45, 7) is 9.12. The largest absolute Gasteiger partial charge is 0.313 e. The van der Waals surface area contributed by atoms with Gasteiger partial charge >= 0.3 is 0 Å². The van der Waals surface area contributed by atoms with Crippen LogP contribution in [0.2, 0.25) is 0 Å². The molecule has 0 heterocycles. The second-order valence-corrected chi connectivity index (χ2v) is 4.47. The van der Waals surface area contributed by atoms with Crippen LogP contribution in [-0.4, -0.2) is 37.1 Å². The Morgan fingerprint density at radius 1 is 1.38 bits per heavy atom. The van der Waals surface area contributed by atoms with Gasteiger partial charge in [0, 0.05) is 18.6 Å². The van der Waals surface area contributed by atoms with Crippen LogP contribution in [0.1, 0.15) is 33.6 Å². The summed E-state index contributed by atoms with van der Waals surface area (Å²) in [6.07, 6.45) is 2.90. The first kappa shape index (κ1) is 11.0. The van der Waals surface area contributed by atoms with Crippen molar-refractivity contribution >= 4 is 0 Å². The third-order valence-electron chi connectivity index (χ3n) is 3.19. The molecule has 78 valence electrons. The summed E-state index contributed by atoms with van der Waals surface area (Å²) in [6, 6.07) is 1.26. The Morgan fingerprint density at radius 3 is 2.46 bits per heavy atom. The Labute approximate surface area is 82.7 Å². The molecule has 1 saturated carbocycles. The van der Waals surface area contributed by atoms with Gasteiger partial charge in [-0.1, -0.05) is 6.92 Å². The van der Waals surface area contributed by atoms with E-state index in [1.807, 2.05) is 0 Å². The number of likely N-dealkylation sites (N-methyl/N-ethyl adjacent to an activating group) is 2. The third-order valence-corrected chi connectivity index (χ3v) is 3.19. The fourth-order valence-electron chi connectivity index (χ4n) is 1.75. The van der Waals surface area contributed by atoms with Crippen LogP contribution in [0, 0.1) is 5.92 Å². The van der Waals surface area contributed by atoms with Crippen molar-refractivity contribution in [2.24, 2.45) is 5.92 Å². The van der Waals surface area contributed by atoms with Gasteiger partial charge in [-0.05, 0) is 46.2 Å². The molecule has 2 heteroatoms. The number of hydrogen-bond acceptors (Lipinski definition) is 2. The van der Waals surface area contributed by atoms with Gasteiger partial charge in [0.05, 0.1) is 0 Å². The summed E-state index contributed by atoms with van der Waals surface area (Å²) in [7, 11) is 2.25. The van der Waals surface area contributed by atoms with Gasteiger partial charge in [0.1, 0.15) is 0 Å². The molecule has 0 spiro atoms. The normalized spacial score (nSPS) is 21.9. The molecular formula is C11H24N2. The molecule has 0 amide bonds. The van der Waals surface area contributed by atoms with E-state index in [-0.39, 0.29) is 0 Å². The molecule has 1 rings (SSSR count). The molecule has 0 aromatic rings. The first-order valence-electron chi connectivity index (χ1n) is 5.58. The summed E-state index contributed by atoms with van der Waals surface area (Å²) in [4.78, 5) is 2.49. The molecule has 1 aliphatic carbocycles. The number of hydrogen-bond donors (Lipinski definition) is 1. The molecule has 0 radical (unpaired) electrons. The van der Waals surface area contributed by atoms with E-state index in [1.165, 1.54) is 19.4 Å². The van der Waals surface area contributed by atoms with E-state index in [0.717, 1.165) is 12.5 Å².